The van der Waals surface area contributed by atoms with Crippen molar-refractivity contribution in [3.63, 3.8) is 0 Å². The third-order valence-corrected chi connectivity index (χ3v) is 5.01. The molecule has 0 saturated carbocycles. The zero-order chi connectivity index (χ0) is 20.9. The Morgan fingerprint density at radius 3 is 2.53 bits per heavy atom. The third-order valence-electron chi connectivity index (χ3n) is 5.01. The number of nitrogens with zero attached hydrogens (tertiary/aromatic N) is 1. The van der Waals surface area contributed by atoms with Crippen LogP contribution in [0.4, 0.5) is 11.4 Å². The number of amides is 1. The van der Waals surface area contributed by atoms with E-state index in [2.05, 4.69) is 10.2 Å². The Bertz CT molecular complexity index is 815. The molecule has 1 aliphatic rings. The number of ether oxygens (including phenoxy) is 1. The van der Waals surface area contributed by atoms with Crippen molar-refractivity contribution >= 4 is 17.3 Å². The third kappa shape index (κ3) is 7.04. The fourth-order valence-corrected chi connectivity index (χ4v) is 3.63. The van der Waals surface area contributed by atoms with E-state index in [4.69, 9.17) is 10.5 Å². The molecule has 1 amide bonds. The van der Waals surface area contributed by atoms with Gasteiger partial charge in [0.15, 0.2) is 0 Å². The summed E-state index contributed by atoms with van der Waals surface area (Å²) in [7, 11) is 0. The van der Waals surface area contributed by atoms with E-state index in [1.54, 1.807) is 24.3 Å². The summed E-state index contributed by atoms with van der Waals surface area (Å²) >= 11 is 0. The highest BCUT2D eigenvalue weighted by atomic mass is 16.5. The predicted molar refractivity (Wildman–Crippen MR) is 123 cm³/mol. The van der Waals surface area contributed by atoms with Crippen molar-refractivity contribution in [2.24, 2.45) is 0 Å². The molecule has 6 nitrogen and oxygen atoms in total. The van der Waals surface area contributed by atoms with Crippen LogP contribution in [0.3, 0.4) is 0 Å². The van der Waals surface area contributed by atoms with Crippen molar-refractivity contribution in [2.45, 2.75) is 52.2 Å². The molecular formula is C24H35N3O3. The standard InChI is InChI=1S/C23H31N3O3.CH4/c1-23(2,28)16-26-14-5-6-18(13-15-26)29-19-11-9-17(10-12-19)22(27)25-21-8-4-3-7-20(21)24;/h3-4,7-12,18,28H,5-6,13-16,24H2,1-2H3,(H,25,27);1H4. The Labute approximate surface area is 180 Å². The van der Waals surface area contributed by atoms with Crippen LogP contribution in [-0.4, -0.2) is 47.3 Å². The second-order valence-electron chi connectivity index (χ2n) is 8.33. The normalized spacial score (nSPS) is 17.5. The van der Waals surface area contributed by atoms with E-state index in [0.717, 1.165) is 38.1 Å². The minimum Gasteiger partial charge on any atom is -0.490 e. The summed E-state index contributed by atoms with van der Waals surface area (Å²) in [6.45, 7) is 6.25. The first kappa shape index (κ1) is 23.7. The molecule has 30 heavy (non-hydrogen) atoms. The number of nitrogen functional groups attached to an aromatic ring is 1. The van der Waals surface area contributed by atoms with Crippen molar-refractivity contribution in [2.75, 3.05) is 30.7 Å². The van der Waals surface area contributed by atoms with Crippen LogP contribution >= 0.6 is 0 Å². The van der Waals surface area contributed by atoms with E-state index in [1.807, 2.05) is 38.1 Å². The van der Waals surface area contributed by atoms with Gasteiger partial charge in [-0.3, -0.25) is 4.79 Å². The molecule has 3 rings (SSSR count). The number of hydrogen-bond donors (Lipinski definition) is 3. The number of anilines is 2. The number of para-hydroxylation sites is 2. The number of nitrogens with one attached hydrogen (secondary N) is 1. The molecule has 1 atom stereocenters. The Morgan fingerprint density at radius 1 is 1.17 bits per heavy atom. The summed E-state index contributed by atoms with van der Waals surface area (Å²) in [6, 6.07) is 14.4. The highest BCUT2D eigenvalue weighted by Gasteiger charge is 2.23. The lowest BCUT2D eigenvalue weighted by Crippen LogP contribution is -2.39. The van der Waals surface area contributed by atoms with E-state index in [-0.39, 0.29) is 19.4 Å². The number of benzene rings is 2. The zero-order valence-electron chi connectivity index (χ0n) is 17.2. The van der Waals surface area contributed by atoms with Gasteiger partial charge in [-0.05, 0) is 76.1 Å². The van der Waals surface area contributed by atoms with Crippen molar-refractivity contribution in [1.82, 2.24) is 4.90 Å². The molecule has 0 bridgehead atoms. The van der Waals surface area contributed by atoms with Gasteiger partial charge >= 0.3 is 0 Å². The van der Waals surface area contributed by atoms with Crippen LogP contribution in [0.2, 0.25) is 0 Å². The van der Waals surface area contributed by atoms with Crippen molar-refractivity contribution < 1.29 is 14.6 Å². The van der Waals surface area contributed by atoms with E-state index in [0.29, 0.717) is 23.5 Å². The molecule has 2 aromatic carbocycles. The highest BCUT2D eigenvalue weighted by Crippen LogP contribution is 2.22. The van der Waals surface area contributed by atoms with Gasteiger partial charge in [0.1, 0.15) is 5.75 Å². The molecule has 0 aliphatic carbocycles. The quantitative estimate of drug-likeness (QED) is 0.619. The van der Waals surface area contributed by atoms with Gasteiger partial charge in [-0.1, -0.05) is 19.6 Å². The minimum absolute atomic E-state index is 0. The second-order valence-corrected chi connectivity index (χ2v) is 8.33. The van der Waals surface area contributed by atoms with Crippen LogP contribution in [-0.2, 0) is 0 Å². The van der Waals surface area contributed by atoms with Gasteiger partial charge in [0, 0.05) is 18.7 Å². The van der Waals surface area contributed by atoms with Crippen molar-refractivity contribution in [3.05, 3.63) is 54.1 Å². The van der Waals surface area contributed by atoms with Crippen LogP contribution in [0.15, 0.2) is 48.5 Å². The molecule has 2 aromatic rings. The fourth-order valence-electron chi connectivity index (χ4n) is 3.63. The number of hydrogen-bond acceptors (Lipinski definition) is 5. The van der Waals surface area contributed by atoms with E-state index in [1.165, 1.54) is 0 Å². The highest BCUT2D eigenvalue weighted by molar-refractivity contribution is 6.05. The van der Waals surface area contributed by atoms with Gasteiger partial charge in [-0.25, -0.2) is 0 Å². The van der Waals surface area contributed by atoms with Gasteiger partial charge in [-0.2, -0.15) is 0 Å². The fraction of sp³-hybridized carbons (Fsp3) is 0.458. The maximum absolute atomic E-state index is 12.4. The first-order chi connectivity index (χ1) is 13.8. The van der Waals surface area contributed by atoms with E-state index >= 15 is 0 Å². The van der Waals surface area contributed by atoms with Crippen molar-refractivity contribution in [3.8, 4) is 5.75 Å². The molecule has 1 aliphatic heterocycles. The molecule has 0 radical (unpaired) electrons. The van der Waals surface area contributed by atoms with Crippen LogP contribution < -0.4 is 15.8 Å². The maximum Gasteiger partial charge on any atom is 0.255 e. The van der Waals surface area contributed by atoms with Crippen LogP contribution in [0.5, 0.6) is 5.75 Å². The Balaban J connectivity index is 0.00000320. The SMILES string of the molecule is C.CC(C)(O)CN1CCCC(Oc2ccc(C(=O)Nc3ccccc3N)cc2)CC1. The van der Waals surface area contributed by atoms with Crippen LogP contribution in [0.1, 0.15) is 50.9 Å². The van der Waals surface area contributed by atoms with E-state index in [9.17, 15) is 9.90 Å². The van der Waals surface area contributed by atoms with Crippen molar-refractivity contribution in [1.29, 1.82) is 0 Å². The smallest absolute Gasteiger partial charge is 0.255 e. The summed E-state index contributed by atoms with van der Waals surface area (Å²) in [5, 5.41) is 12.9. The van der Waals surface area contributed by atoms with Gasteiger partial charge in [0.05, 0.1) is 23.1 Å². The zero-order valence-corrected chi connectivity index (χ0v) is 17.2. The first-order valence-corrected chi connectivity index (χ1v) is 10.2. The average molecular weight is 414 g/mol. The Kier molecular flexibility index (Phi) is 8.26. The molecule has 1 saturated heterocycles. The van der Waals surface area contributed by atoms with Gasteiger partial charge < -0.3 is 25.8 Å². The molecule has 1 fully saturated rings. The molecule has 0 aromatic heterocycles. The average Bonchev–Trinajstić information content (AvgIpc) is 2.88. The lowest BCUT2D eigenvalue weighted by molar-refractivity contribution is 0.0363. The van der Waals surface area contributed by atoms with Gasteiger partial charge in [0.25, 0.3) is 5.91 Å². The van der Waals surface area contributed by atoms with Crippen LogP contribution in [0, 0.1) is 0 Å². The van der Waals surface area contributed by atoms with E-state index < -0.39 is 5.60 Å². The molecule has 4 N–H and O–H groups in total. The summed E-state index contributed by atoms with van der Waals surface area (Å²) in [6.07, 6.45) is 3.09. The monoisotopic (exact) mass is 413 g/mol. The van der Waals surface area contributed by atoms with Gasteiger partial charge in [-0.15, -0.1) is 0 Å². The Morgan fingerprint density at radius 2 is 1.87 bits per heavy atom. The summed E-state index contributed by atoms with van der Waals surface area (Å²) in [4.78, 5) is 14.7. The minimum atomic E-state index is -0.679. The number of β-amino-alcohol motifs (C(OH)–C–C–N with tert-alkyl or cyclic N) is 1. The lowest BCUT2D eigenvalue weighted by atomic mass is 10.1. The first-order valence-electron chi connectivity index (χ1n) is 10.2. The molecule has 164 valence electrons. The van der Waals surface area contributed by atoms with Gasteiger partial charge in [0.2, 0.25) is 0 Å². The largest absolute Gasteiger partial charge is 0.490 e. The molecular weight excluding hydrogens is 378 g/mol. The number of carbonyl (C=O) groups is 1. The number of nitrogens with two attached hydrogens (primary N) is 1. The topological polar surface area (TPSA) is 87.8 Å². The second kappa shape index (κ2) is 10.5. The lowest BCUT2D eigenvalue weighted by Gasteiger charge is -2.27. The molecule has 0 spiro atoms. The summed E-state index contributed by atoms with van der Waals surface area (Å²) < 4.78 is 6.14. The number of likely N-dealkylation sites (tertiary alicyclic amines) is 1. The number of rotatable bonds is 6. The van der Waals surface area contributed by atoms with Crippen LogP contribution in [0.25, 0.3) is 0 Å². The molecule has 1 unspecified atom stereocenters. The number of carbonyl (C=O) groups excluding carboxylic acids is 1. The maximum atomic E-state index is 12.4. The molecule has 6 heteroatoms. The predicted octanol–water partition coefficient (Wildman–Crippen LogP) is 4.16. The summed E-state index contributed by atoms with van der Waals surface area (Å²) in [5.74, 6) is 0.563. The number of aliphatic hydroxyl groups is 1. The molecule has 1 heterocycles. The summed E-state index contributed by atoms with van der Waals surface area (Å²) in [5.41, 5.74) is 6.89. The Hall–Kier alpha value is -2.57.